The largest absolute Gasteiger partial charge is 0.309 e. The molecule has 4 heterocycles. The molecule has 4 nitrogen and oxygen atoms in total. The van der Waals surface area contributed by atoms with Crippen molar-refractivity contribution in [2.45, 2.75) is 18.8 Å². The number of pyridine rings is 1. The van der Waals surface area contributed by atoms with E-state index >= 15 is 0 Å². The van der Waals surface area contributed by atoms with Gasteiger partial charge in [-0.25, -0.2) is 4.98 Å². The third kappa shape index (κ3) is 4.94. The molecule has 12 aromatic rings. The lowest BCUT2D eigenvalue weighted by Gasteiger charge is -2.17. The van der Waals surface area contributed by atoms with Crippen LogP contribution >= 0.6 is 0 Å². The molecule has 1 aliphatic rings. The summed E-state index contributed by atoms with van der Waals surface area (Å²) in [4.78, 5) is 5.52. The van der Waals surface area contributed by atoms with Gasteiger partial charge in [-0.3, -0.25) is 0 Å². The molecule has 8 aromatic carbocycles. The summed E-state index contributed by atoms with van der Waals surface area (Å²) in [5.41, 5.74) is 16.1. The van der Waals surface area contributed by atoms with Crippen LogP contribution < -0.4 is 0 Å². The zero-order chi connectivity index (χ0) is 39.3. The summed E-state index contributed by atoms with van der Waals surface area (Å²) in [5, 5.41) is 7.47. The third-order valence-corrected chi connectivity index (χ3v) is 12.8. The Bertz CT molecular complexity index is 3600. The number of nitrogens with zero attached hydrogens (tertiary/aromatic N) is 4. The first-order chi connectivity index (χ1) is 29.8. The first-order valence-corrected chi connectivity index (χ1v) is 21.0. The van der Waals surface area contributed by atoms with E-state index < -0.39 is 0 Å². The summed E-state index contributed by atoms with van der Waals surface area (Å²) in [6, 6.07) is 73.1. The molecule has 282 valence electrons. The molecule has 60 heavy (non-hydrogen) atoms. The quantitative estimate of drug-likeness (QED) is 0.166. The van der Waals surface area contributed by atoms with E-state index in [1.165, 1.54) is 84.0 Å². The first kappa shape index (κ1) is 33.3. The summed E-state index contributed by atoms with van der Waals surface area (Å²) >= 11 is 0. The number of aromatic nitrogens is 4. The molecule has 0 amide bonds. The standard InChI is InChI=1S/C56H38N4/c1-3-15-37(16-4-1)48-34-40(35-49(57-48)38-29-30-41(36-27-28-36)54(33-38)60-52-25-13-7-19-42(52)43-20-8-14-26-53(43)60)59-51-24-12-10-22-45(51)47-32-31-46-44-21-9-11-23-50(44)58(55(46)56(47)59)39-17-5-2-6-18-39/h1-26,29-36H,27-28H2. The molecule has 4 aromatic heterocycles. The van der Waals surface area contributed by atoms with Gasteiger partial charge < -0.3 is 13.7 Å². The van der Waals surface area contributed by atoms with E-state index in [1.54, 1.807) is 0 Å². The van der Waals surface area contributed by atoms with Gasteiger partial charge in [0, 0.05) is 49.1 Å². The van der Waals surface area contributed by atoms with Crippen LogP contribution in [-0.2, 0) is 0 Å². The lowest BCUT2D eigenvalue weighted by molar-refractivity contribution is 1.06. The number of benzene rings is 8. The monoisotopic (exact) mass is 766 g/mol. The van der Waals surface area contributed by atoms with Crippen molar-refractivity contribution in [1.82, 2.24) is 18.7 Å². The maximum absolute atomic E-state index is 5.52. The smallest absolute Gasteiger partial charge is 0.0788 e. The molecule has 1 saturated carbocycles. The van der Waals surface area contributed by atoms with Crippen molar-refractivity contribution in [1.29, 1.82) is 0 Å². The summed E-state index contributed by atoms with van der Waals surface area (Å²) in [5.74, 6) is 0.560. The fourth-order valence-electron chi connectivity index (χ4n) is 9.98. The van der Waals surface area contributed by atoms with E-state index in [9.17, 15) is 0 Å². The summed E-state index contributed by atoms with van der Waals surface area (Å²) < 4.78 is 7.45. The molecule has 0 atom stereocenters. The van der Waals surface area contributed by atoms with Gasteiger partial charge in [-0.05, 0) is 78.9 Å². The van der Waals surface area contributed by atoms with Crippen LogP contribution in [0.5, 0.6) is 0 Å². The Labute approximate surface area is 346 Å². The Morgan fingerprint density at radius 1 is 0.350 bits per heavy atom. The van der Waals surface area contributed by atoms with Crippen molar-refractivity contribution in [2.75, 3.05) is 0 Å². The van der Waals surface area contributed by atoms with Crippen LogP contribution in [0.3, 0.4) is 0 Å². The molecule has 0 bridgehead atoms. The number of hydrogen-bond donors (Lipinski definition) is 0. The van der Waals surface area contributed by atoms with Crippen LogP contribution in [0.15, 0.2) is 200 Å². The normalized spacial score (nSPS) is 13.1. The maximum Gasteiger partial charge on any atom is 0.0788 e. The molecule has 1 aliphatic carbocycles. The van der Waals surface area contributed by atoms with Crippen molar-refractivity contribution in [3.05, 3.63) is 206 Å². The van der Waals surface area contributed by atoms with Crippen molar-refractivity contribution < 1.29 is 0 Å². The molecular formula is C56H38N4. The second kappa shape index (κ2) is 12.9. The Morgan fingerprint density at radius 2 is 0.800 bits per heavy atom. The highest BCUT2D eigenvalue weighted by Crippen LogP contribution is 2.47. The average molecular weight is 767 g/mol. The van der Waals surface area contributed by atoms with Gasteiger partial charge in [0.2, 0.25) is 0 Å². The second-order valence-corrected chi connectivity index (χ2v) is 16.3. The number of para-hydroxylation sites is 5. The lowest BCUT2D eigenvalue weighted by atomic mass is 10.0. The van der Waals surface area contributed by atoms with E-state index in [0.717, 1.165) is 39.4 Å². The minimum Gasteiger partial charge on any atom is -0.309 e. The Hall–Kier alpha value is -7.69. The minimum absolute atomic E-state index is 0.560. The van der Waals surface area contributed by atoms with E-state index in [1.807, 2.05) is 0 Å². The number of hydrogen-bond acceptors (Lipinski definition) is 1. The zero-order valence-electron chi connectivity index (χ0n) is 32.8. The van der Waals surface area contributed by atoms with Gasteiger partial charge in [0.1, 0.15) is 0 Å². The van der Waals surface area contributed by atoms with Crippen molar-refractivity contribution in [3.63, 3.8) is 0 Å². The van der Waals surface area contributed by atoms with E-state index in [-0.39, 0.29) is 0 Å². The first-order valence-electron chi connectivity index (χ1n) is 21.0. The van der Waals surface area contributed by atoms with Crippen LogP contribution in [0.25, 0.3) is 105 Å². The predicted molar refractivity (Wildman–Crippen MR) is 250 cm³/mol. The zero-order valence-corrected chi connectivity index (χ0v) is 32.8. The average Bonchev–Trinajstić information content (AvgIpc) is 3.93. The van der Waals surface area contributed by atoms with Crippen molar-refractivity contribution in [2.24, 2.45) is 0 Å². The van der Waals surface area contributed by atoms with Crippen LogP contribution in [-0.4, -0.2) is 18.7 Å². The highest BCUT2D eigenvalue weighted by atomic mass is 15.0. The molecule has 0 radical (unpaired) electrons. The summed E-state index contributed by atoms with van der Waals surface area (Å²) in [6.45, 7) is 0. The van der Waals surface area contributed by atoms with Gasteiger partial charge in [0.25, 0.3) is 0 Å². The van der Waals surface area contributed by atoms with Crippen LogP contribution in [0.1, 0.15) is 24.3 Å². The Balaban J connectivity index is 1.13. The van der Waals surface area contributed by atoms with Gasteiger partial charge in [0.15, 0.2) is 0 Å². The predicted octanol–water partition coefficient (Wildman–Crippen LogP) is 14.6. The highest BCUT2D eigenvalue weighted by molar-refractivity contribution is 6.24. The highest BCUT2D eigenvalue weighted by Gasteiger charge is 2.29. The minimum atomic E-state index is 0.560. The molecule has 0 aliphatic heterocycles. The van der Waals surface area contributed by atoms with E-state index in [0.29, 0.717) is 5.92 Å². The van der Waals surface area contributed by atoms with Crippen LogP contribution in [0.4, 0.5) is 0 Å². The van der Waals surface area contributed by atoms with Crippen molar-refractivity contribution in [3.8, 4) is 39.6 Å². The van der Waals surface area contributed by atoms with Gasteiger partial charge in [-0.2, -0.15) is 0 Å². The lowest BCUT2D eigenvalue weighted by Crippen LogP contribution is -2.02. The number of fused-ring (bicyclic) bond motifs is 10. The molecule has 0 N–H and O–H groups in total. The van der Waals surface area contributed by atoms with Gasteiger partial charge in [-0.15, -0.1) is 0 Å². The van der Waals surface area contributed by atoms with Gasteiger partial charge >= 0.3 is 0 Å². The fraction of sp³-hybridized carbons (Fsp3) is 0.0536. The molecule has 13 rings (SSSR count). The molecule has 4 heteroatoms. The fourth-order valence-corrected chi connectivity index (χ4v) is 9.98. The summed E-state index contributed by atoms with van der Waals surface area (Å²) in [7, 11) is 0. The molecule has 0 spiro atoms. The van der Waals surface area contributed by atoms with E-state index in [2.05, 4.69) is 214 Å². The van der Waals surface area contributed by atoms with Gasteiger partial charge in [-0.1, -0.05) is 146 Å². The van der Waals surface area contributed by atoms with Crippen LogP contribution in [0, 0.1) is 0 Å². The second-order valence-electron chi connectivity index (χ2n) is 16.3. The SMILES string of the molecule is c1ccc(-c2cc(-n3c4ccccc4c4ccc5c6ccccc6n(-c6ccccc6)c5c43)cc(-c3ccc(C4CC4)c(-n4c5ccccc5c5ccccc54)c3)n2)cc1. The Kier molecular flexibility index (Phi) is 7.16. The van der Waals surface area contributed by atoms with Gasteiger partial charge in [0.05, 0.1) is 55.9 Å². The molecule has 0 saturated heterocycles. The summed E-state index contributed by atoms with van der Waals surface area (Å²) in [6.07, 6.45) is 2.44. The van der Waals surface area contributed by atoms with Crippen molar-refractivity contribution >= 4 is 65.4 Å². The molecule has 0 unspecified atom stereocenters. The van der Waals surface area contributed by atoms with Crippen LogP contribution in [0.2, 0.25) is 0 Å². The van der Waals surface area contributed by atoms with E-state index in [4.69, 9.17) is 4.98 Å². The number of rotatable bonds is 6. The Morgan fingerprint density at radius 3 is 1.35 bits per heavy atom. The maximum atomic E-state index is 5.52. The topological polar surface area (TPSA) is 27.7 Å². The molecule has 1 fully saturated rings. The third-order valence-electron chi connectivity index (χ3n) is 12.8. The molecular weight excluding hydrogens is 729 g/mol.